The fraction of sp³-hybridized carbons (Fsp3) is 0.333. The first-order valence-corrected chi connectivity index (χ1v) is 8.06. The van der Waals surface area contributed by atoms with Gasteiger partial charge in [-0.25, -0.2) is 0 Å². The number of non-ortho nitro benzene ring substituents is 1. The van der Waals surface area contributed by atoms with E-state index in [0.717, 1.165) is 16.0 Å². The quantitative estimate of drug-likeness (QED) is 0.642. The number of aromatic nitrogens is 1. The molecule has 0 fully saturated rings. The highest BCUT2D eigenvalue weighted by molar-refractivity contribution is 7.98. The van der Waals surface area contributed by atoms with Gasteiger partial charge in [-0.1, -0.05) is 11.3 Å². The molecule has 0 bridgehead atoms. The van der Waals surface area contributed by atoms with Crippen molar-refractivity contribution < 1.29 is 9.72 Å². The number of aryl methyl sites for hydroxylation is 1. The van der Waals surface area contributed by atoms with Crippen LogP contribution in [0.25, 0.3) is 10.2 Å². The third-order valence-electron chi connectivity index (χ3n) is 2.65. The average Bonchev–Trinajstić information content (AvgIpc) is 2.71. The Kier molecular flexibility index (Phi) is 4.56. The summed E-state index contributed by atoms with van der Waals surface area (Å²) in [6.07, 6.45) is 2.00. The Morgan fingerprint density at radius 3 is 2.90 bits per heavy atom. The first kappa shape index (κ1) is 14.7. The molecule has 0 N–H and O–H groups in total. The molecule has 0 saturated heterocycles. The van der Waals surface area contributed by atoms with E-state index in [2.05, 4.69) is 4.99 Å². The second kappa shape index (κ2) is 6.19. The highest BCUT2D eigenvalue weighted by atomic mass is 32.2. The number of fused-ring (bicyclic) bond motifs is 1. The van der Waals surface area contributed by atoms with Crippen molar-refractivity contribution in [2.75, 3.05) is 12.0 Å². The molecule has 106 valence electrons. The standard InChI is InChI=1S/C12H13N3O3S2/c1-8(16)13-12-14(5-6-19-2)10-4-3-9(15(17)18)7-11(10)20-12/h3-4,7H,5-6H2,1-2H3. The third kappa shape index (κ3) is 3.07. The van der Waals surface area contributed by atoms with Crippen molar-refractivity contribution >= 4 is 44.9 Å². The summed E-state index contributed by atoms with van der Waals surface area (Å²) in [6, 6.07) is 4.71. The summed E-state index contributed by atoms with van der Waals surface area (Å²) in [6.45, 7) is 2.11. The molecule has 0 saturated carbocycles. The van der Waals surface area contributed by atoms with Crippen LogP contribution in [0.2, 0.25) is 0 Å². The lowest BCUT2D eigenvalue weighted by Crippen LogP contribution is -2.17. The van der Waals surface area contributed by atoms with E-state index < -0.39 is 4.92 Å². The minimum absolute atomic E-state index is 0.0464. The van der Waals surface area contributed by atoms with Crippen molar-refractivity contribution in [1.29, 1.82) is 0 Å². The van der Waals surface area contributed by atoms with Crippen LogP contribution in [0.3, 0.4) is 0 Å². The number of hydrogen-bond donors (Lipinski definition) is 0. The van der Waals surface area contributed by atoms with Gasteiger partial charge in [0.1, 0.15) is 0 Å². The zero-order valence-electron chi connectivity index (χ0n) is 11.0. The number of carbonyl (C=O) groups is 1. The zero-order valence-corrected chi connectivity index (χ0v) is 12.7. The summed E-state index contributed by atoms with van der Waals surface area (Å²) in [5.41, 5.74) is 0.916. The maximum absolute atomic E-state index is 11.2. The normalized spacial score (nSPS) is 12.0. The zero-order chi connectivity index (χ0) is 14.7. The smallest absolute Gasteiger partial charge is 0.270 e. The molecule has 0 aliphatic rings. The number of hydrogen-bond acceptors (Lipinski definition) is 5. The first-order valence-electron chi connectivity index (χ1n) is 5.85. The van der Waals surface area contributed by atoms with Crippen molar-refractivity contribution in [2.45, 2.75) is 13.5 Å². The van der Waals surface area contributed by atoms with Crippen molar-refractivity contribution in [2.24, 2.45) is 4.99 Å². The van der Waals surface area contributed by atoms with E-state index in [-0.39, 0.29) is 11.6 Å². The molecule has 2 rings (SSSR count). The molecule has 1 heterocycles. The summed E-state index contributed by atoms with van der Waals surface area (Å²) in [7, 11) is 0. The number of amides is 1. The lowest BCUT2D eigenvalue weighted by Gasteiger charge is -2.03. The second-order valence-corrected chi connectivity index (χ2v) is 6.06. The Bertz CT molecular complexity index is 733. The Labute approximate surface area is 123 Å². The maximum Gasteiger partial charge on any atom is 0.270 e. The summed E-state index contributed by atoms with van der Waals surface area (Å²) in [5.74, 6) is 0.609. The monoisotopic (exact) mass is 311 g/mol. The predicted molar refractivity (Wildman–Crippen MR) is 81.1 cm³/mol. The van der Waals surface area contributed by atoms with Gasteiger partial charge < -0.3 is 4.57 Å². The summed E-state index contributed by atoms with van der Waals surface area (Å²) < 4.78 is 2.70. The van der Waals surface area contributed by atoms with Crippen molar-refractivity contribution in [3.63, 3.8) is 0 Å². The molecule has 1 aromatic carbocycles. The largest absolute Gasteiger partial charge is 0.316 e. The number of nitro benzene ring substituents is 1. The van der Waals surface area contributed by atoms with Crippen LogP contribution in [0.5, 0.6) is 0 Å². The van der Waals surface area contributed by atoms with Crippen LogP contribution < -0.4 is 4.80 Å². The number of thiazole rings is 1. The highest BCUT2D eigenvalue weighted by Gasteiger charge is 2.11. The Morgan fingerprint density at radius 1 is 1.55 bits per heavy atom. The van der Waals surface area contributed by atoms with Crippen LogP contribution in [0.1, 0.15) is 6.92 Å². The Morgan fingerprint density at radius 2 is 2.30 bits per heavy atom. The number of thioether (sulfide) groups is 1. The fourth-order valence-corrected chi connectivity index (χ4v) is 3.29. The SMILES string of the molecule is CSCCn1c(=NC(C)=O)sc2cc([N+](=O)[O-])ccc21. The van der Waals surface area contributed by atoms with Crippen LogP contribution >= 0.6 is 23.1 Å². The van der Waals surface area contributed by atoms with Gasteiger partial charge in [0.25, 0.3) is 5.69 Å². The molecule has 0 unspecified atom stereocenters. The van der Waals surface area contributed by atoms with E-state index in [9.17, 15) is 14.9 Å². The maximum atomic E-state index is 11.2. The van der Waals surface area contributed by atoms with Gasteiger partial charge in [0, 0.05) is 31.4 Å². The summed E-state index contributed by atoms with van der Waals surface area (Å²) in [5, 5.41) is 10.8. The minimum atomic E-state index is -0.423. The van der Waals surface area contributed by atoms with Gasteiger partial charge in [-0.2, -0.15) is 16.8 Å². The molecule has 1 aromatic heterocycles. The predicted octanol–water partition coefficient (Wildman–Crippen LogP) is 2.42. The molecule has 8 heteroatoms. The van der Waals surface area contributed by atoms with Crippen LogP contribution in [-0.4, -0.2) is 27.4 Å². The van der Waals surface area contributed by atoms with E-state index in [0.29, 0.717) is 11.3 Å². The molecule has 2 aromatic rings. The third-order valence-corrected chi connectivity index (χ3v) is 4.28. The van der Waals surface area contributed by atoms with Gasteiger partial charge in [0.2, 0.25) is 5.91 Å². The molecule has 0 atom stereocenters. The van der Waals surface area contributed by atoms with Crippen LogP contribution in [0.15, 0.2) is 23.2 Å². The van der Waals surface area contributed by atoms with E-state index in [1.165, 1.54) is 30.4 Å². The summed E-state index contributed by atoms with van der Waals surface area (Å²) >= 11 is 2.99. The average molecular weight is 311 g/mol. The molecule has 0 spiro atoms. The van der Waals surface area contributed by atoms with Crippen LogP contribution in [-0.2, 0) is 11.3 Å². The lowest BCUT2D eigenvalue weighted by molar-refractivity contribution is -0.384. The first-order chi connectivity index (χ1) is 9.52. The molecule has 0 aliphatic carbocycles. The molecule has 0 aliphatic heterocycles. The van der Waals surface area contributed by atoms with Gasteiger partial charge in [-0.15, -0.1) is 0 Å². The van der Waals surface area contributed by atoms with Crippen molar-refractivity contribution in [1.82, 2.24) is 4.57 Å². The van der Waals surface area contributed by atoms with Gasteiger partial charge in [-0.05, 0) is 12.3 Å². The van der Waals surface area contributed by atoms with Gasteiger partial charge in [-0.3, -0.25) is 14.9 Å². The van der Waals surface area contributed by atoms with E-state index in [4.69, 9.17) is 0 Å². The van der Waals surface area contributed by atoms with Gasteiger partial charge in [0.15, 0.2) is 4.80 Å². The molecule has 6 nitrogen and oxygen atoms in total. The second-order valence-electron chi connectivity index (χ2n) is 4.07. The summed E-state index contributed by atoms with van der Waals surface area (Å²) in [4.78, 5) is 26.2. The number of carbonyl (C=O) groups excluding carboxylic acids is 1. The molecule has 1 amide bonds. The lowest BCUT2D eigenvalue weighted by atomic mass is 10.3. The number of rotatable bonds is 4. The molecular formula is C12H13N3O3S2. The fourth-order valence-electron chi connectivity index (χ4n) is 1.79. The van der Waals surface area contributed by atoms with Crippen LogP contribution in [0, 0.1) is 10.1 Å². The Hall–Kier alpha value is -1.67. The highest BCUT2D eigenvalue weighted by Crippen LogP contribution is 2.23. The van der Waals surface area contributed by atoms with Gasteiger partial charge in [0.05, 0.1) is 15.1 Å². The molecular weight excluding hydrogens is 298 g/mol. The van der Waals surface area contributed by atoms with E-state index in [1.54, 1.807) is 17.8 Å². The number of nitro groups is 1. The van der Waals surface area contributed by atoms with E-state index in [1.807, 2.05) is 10.8 Å². The molecule has 0 radical (unpaired) electrons. The number of benzene rings is 1. The van der Waals surface area contributed by atoms with Gasteiger partial charge >= 0.3 is 0 Å². The van der Waals surface area contributed by atoms with Crippen molar-refractivity contribution in [3.05, 3.63) is 33.1 Å². The minimum Gasteiger partial charge on any atom is -0.316 e. The topological polar surface area (TPSA) is 77.5 Å². The Balaban J connectivity index is 2.65. The van der Waals surface area contributed by atoms with E-state index >= 15 is 0 Å². The van der Waals surface area contributed by atoms with Crippen molar-refractivity contribution in [3.8, 4) is 0 Å². The van der Waals surface area contributed by atoms with Crippen LogP contribution in [0.4, 0.5) is 5.69 Å². The molecule has 20 heavy (non-hydrogen) atoms. The number of nitrogens with zero attached hydrogens (tertiary/aromatic N) is 3.